The molecular weight excluding hydrogens is 358 g/mol. The van der Waals surface area contributed by atoms with E-state index in [1.165, 1.54) is 6.07 Å². The molecule has 3 N–H and O–H groups in total. The van der Waals surface area contributed by atoms with E-state index in [0.717, 1.165) is 38.3 Å². The predicted octanol–water partition coefficient (Wildman–Crippen LogP) is 1.84. The lowest BCUT2D eigenvalue weighted by Gasteiger charge is -2.27. The fourth-order valence-corrected chi connectivity index (χ4v) is 3.13. The normalized spacial score (nSPS) is 14.4. The number of hydrogen-bond acceptors (Lipinski definition) is 6. The number of rotatable bonds is 8. The minimum absolute atomic E-state index is 0.106. The summed E-state index contributed by atoms with van der Waals surface area (Å²) >= 11 is 0. The number of amides is 1. The SMILES string of the molecule is O=C(NCCN1CCNCC1)c1ccc(NCc2ccccc2)c([N+](=O)[O-])c1. The lowest BCUT2D eigenvalue weighted by atomic mass is 10.1. The molecule has 0 saturated carbocycles. The Labute approximate surface area is 164 Å². The minimum atomic E-state index is -0.467. The number of nitrogens with one attached hydrogen (secondary N) is 3. The quantitative estimate of drug-likeness (QED) is 0.475. The summed E-state index contributed by atoms with van der Waals surface area (Å²) in [5, 5.41) is 20.7. The van der Waals surface area contributed by atoms with Crippen molar-refractivity contribution in [3.05, 3.63) is 69.8 Å². The van der Waals surface area contributed by atoms with E-state index in [-0.39, 0.29) is 17.2 Å². The highest BCUT2D eigenvalue weighted by atomic mass is 16.6. The number of benzene rings is 2. The maximum absolute atomic E-state index is 12.4. The average Bonchev–Trinajstić information content (AvgIpc) is 2.73. The number of anilines is 1. The number of carbonyl (C=O) groups excluding carboxylic acids is 1. The van der Waals surface area contributed by atoms with Crippen molar-refractivity contribution in [2.45, 2.75) is 6.54 Å². The summed E-state index contributed by atoms with van der Waals surface area (Å²) in [5.74, 6) is -0.298. The molecule has 0 unspecified atom stereocenters. The Kier molecular flexibility index (Phi) is 6.94. The topological polar surface area (TPSA) is 99.5 Å². The summed E-state index contributed by atoms with van der Waals surface area (Å²) in [6.45, 7) is 5.59. The van der Waals surface area contributed by atoms with Crippen LogP contribution in [0.2, 0.25) is 0 Å². The second-order valence-electron chi connectivity index (χ2n) is 6.68. The van der Waals surface area contributed by atoms with Crippen molar-refractivity contribution in [3.63, 3.8) is 0 Å². The van der Waals surface area contributed by atoms with Gasteiger partial charge in [-0.15, -0.1) is 0 Å². The average molecular weight is 383 g/mol. The molecule has 1 aliphatic rings. The van der Waals surface area contributed by atoms with Crippen molar-refractivity contribution in [1.82, 2.24) is 15.5 Å². The first-order valence-corrected chi connectivity index (χ1v) is 9.41. The van der Waals surface area contributed by atoms with Gasteiger partial charge >= 0.3 is 0 Å². The largest absolute Gasteiger partial charge is 0.375 e. The third-order valence-electron chi connectivity index (χ3n) is 4.71. The molecule has 2 aromatic rings. The second-order valence-corrected chi connectivity index (χ2v) is 6.68. The molecule has 2 aromatic carbocycles. The van der Waals surface area contributed by atoms with Crippen molar-refractivity contribution in [1.29, 1.82) is 0 Å². The number of nitrogens with zero attached hydrogens (tertiary/aromatic N) is 2. The molecule has 0 bridgehead atoms. The van der Waals surface area contributed by atoms with Crippen molar-refractivity contribution >= 4 is 17.3 Å². The Morgan fingerprint density at radius 2 is 1.89 bits per heavy atom. The Morgan fingerprint density at radius 3 is 2.61 bits per heavy atom. The maximum Gasteiger partial charge on any atom is 0.293 e. The van der Waals surface area contributed by atoms with Crippen LogP contribution in [-0.2, 0) is 6.54 Å². The zero-order valence-corrected chi connectivity index (χ0v) is 15.7. The molecule has 1 fully saturated rings. The number of nitro benzene ring substituents is 1. The summed E-state index contributed by atoms with van der Waals surface area (Å²) in [5.41, 5.74) is 1.60. The van der Waals surface area contributed by atoms with Crippen molar-refractivity contribution in [2.24, 2.45) is 0 Å². The van der Waals surface area contributed by atoms with E-state index in [1.54, 1.807) is 12.1 Å². The first-order chi connectivity index (χ1) is 13.6. The van der Waals surface area contributed by atoms with Crippen LogP contribution in [0.15, 0.2) is 48.5 Å². The van der Waals surface area contributed by atoms with Gasteiger partial charge in [-0.05, 0) is 17.7 Å². The molecule has 1 amide bonds. The van der Waals surface area contributed by atoms with Gasteiger partial charge in [0.05, 0.1) is 4.92 Å². The molecule has 8 nitrogen and oxygen atoms in total. The molecular formula is C20H25N5O3. The van der Waals surface area contributed by atoms with Gasteiger partial charge in [-0.3, -0.25) is 19.8 Å². The van der Waals surface area contributed by atoms with Crippen LogP contribution in [0.4, 0.5) is 11.4 Å². The zero-order valence-electron chi connectivity index (χ0n) is 15.7. The predicted molar refractivity (Wildman–Crippen MR) is 109 cm³/mol. The van der Waals surface area contributed by atoms with E-state index < -0.39 is 4.92 Å². The van der Waals surface area contributed by atoms with E-state index in [0.29, 0.717) is 18.8 Å². The van der Waals surface area contributed by atoms with E-state index in [9.17, 15) is 14.9 Å². The summed E-state index contributed by atoms with van der Waals surface area (Å²) in [6.07, 6.45) is 0. The van der Waals surface area contributed by atoms with Crippen LogP contribution >= 0.6 is 0 Å². The van der Waals surface area contributed by atoms with Crippen LogP contribution in [0.25, 0.3) is 0 Å². The van der Waals surface area contributed by atoms with Crippen LogP contribution in [-0.4, -0.2) is 55.0 Å². The van der Waals surface area contributed by atoms with Gasteiger partial charge in [-0.25, -0.2) is 0 Å². The fraction of sp³-hybridized carbons (Fsp3) is 0.350. The summed E-state index contributed by atoms with van der Waals surface area (Å²) in [6, 6.07) is 14.2. The summed E-state index contributed by atoms with van der Waals surface area (Å²) in [4.78, 5) is 25.6. The maximum atomic E-state index is 12.4. The van der Waals surface area contributed by atoms with E-state index in [1.807, 2.05) is 30.3 Å². The van der Waals surface area contributed by atoms with Gasteiger partial charge in [0.15, 0.2) is 0 Å². The fourth-order valence-electron chi connectivity index (χ4n) is 3.13. The first-order valence-electron chi connectivity index (χ1n) is 9.41. The standard InChI is InChI=1S/C20H25N5O3/c26-20(22-10-13-24-11-8-21-9-12-24)17-6-7-18(19(14-17)25(27)28)23-15-16-4-2-1-3-5-16/h1-7,14,21,23H,8-13,15H2,(H,22,26). The van der Waals surface area contributed by atoms with Gasteiger partial charge in [-0.2, -0.15) is 0 Å². The molecule has 0 spiro atoms. The van der Waals surface area contributed by atoms with Crippen molar-refractivity contribution in [2.75, 3.05) is 44.6 Å². The highest BCUT2D eigenvalue weighted by Gasteiger charge is 2.18. The number of carbonyl (C=O) groups is 1. The van der Waals surface area contributed by atoms with Gasteiger partial charge in [0.1, 0.15) is 5.69 Å². The van der Waals surface area contributed by atoms with Gasteiger partial charge in [0, 0.05) is 57.4 Å². The molecule has 0 atom stereocenters. The Bertz CT molecular complexity index is 807. The summed E-state index contributed by atoms with van der Waals surface area (Å²) < 4.78 is 0. The van der Waals surface area contributed by atoms with Crippen LogP contribution < -0.4 is 16.0 Å². The van der Waals surface area contributed by atoms with Crippen LogP contribution in [0.5, 0.6) is 0 Å². The zero-order chi connectivity index (χ0) is 19.8. The van der Waals surface area contributed by atoms with Crippen LogP contribution in [0.1, 0.15) is 15.9 Å². The van der Waals surface area contributed by atoms with E-state index in [2.05, 4.69) is 20.9 Å². The van der Waals surface area contributed by atoms with Gasteiger partial charge in [-0.1, -0.05) is 30.3 Å². The van der Waals surface area contributed by atoms with E-state index >= 15 is 0 Å². The highest BCUT2D eigenvalue weighted by molar-refractivity contribution is 5.95. The Hall–Kier alpha value is -2.97. The first kappa shape index (κ1) is 19.8. The van der Waals surface area contributed by atoms with Crippen molar-refractivity contribution < 1.29 is 9.72 Å². The molecule has 0 aromatic heterocycles. The highest BCUT2D eigenvalue weighted by Crippen LogP contribution is 2.26. The molecule has 1 aliphatic heterocycles. The molecule has 0 aliphatic carbocycles. The molecule has 1 heterocycles. The molecule has 0 radical (unpaired) electrons. The summed E-state index contributed by atoms with van der Waals surface area (Å²) in [7, 11) is 0. The second kappa shape index (κ2) is 9.82. The molecule has 3 rings (SSSR count). The number of piperazine rings is 1. The molecule has 8 heteroatoms. The monoisotopic (exact) mass is 383 g/mol. The molecule has 28 heavy (non-hydrogen) atoms. The van der Waals surface area contributed by atoms with Crippen LogP contribution in [0.3, 0.4) is 0 Å². The molecule has 148 valence electrons. The molecule has 1 saturated heterocycles. The smallest absolute Gasteiger partial charge is 0.293 e. The van der Waals surface area contributed by atoms with Gasteiger partial charge in [0.25, 0.3) is 11.6 Å². The number of hydrogen-bond donors (Lipinski definition) is 3. The van der Waals surface area contributed by atoms with Crippen molar-refractivity contribution in [3.8, 4) is 0 Å². The lowest BCUT2D eigenvalue weighted by Crippen LogP contribution is -2.46. The third-order valence-corrected chi connectivity index (χ3v) is 4.71. The number of nitro groups is 1. The van der Waals surface area contributed by atoms with Crippen LogP contribution in [0, 0.1) is 10.1 Å². The van der Waals surface area contributed by atoms with E-state index in [4.69, 9.17) is 0 Å². The Morgan fingerprint density at radius 1 is 1.14 bits per heavy atom. The third kappa shape index (κ3) is 5.51. The van der Waals surface area contributed by atoms with Gasteiger partial charge in [0.2, 0.25) is 0 Å². The minimum Gasteiger partial charge on any atom is -0.375 e. The Balaban J connectivity index is 1.59. The lowest BCUT2D eigenvalue weighted by molar-refractivity contribution is -0.384. The van der Waals surface area contributed by atoms with Gasteiger partial charge < -0.3 is 16.0 Å².